The Morgan fingerprint density at radius 1 is 0.328 bits per heavy atom. The van der Waals surface area contributed by atoms with Gasteiger partial charge in [-0.2, -0.15) is 0 Å². The van der Waals surface area contributed by atoms with Crippen LogP contribution in [0.2, 0.25) is 0 Å². The van der Waals surface area contributed by atoms with Crippen molar-refractivity contribution in [3.8, 4) is 44.5 Å². The van der Waals surface area contributed by atoms with Gasteiger partial charge in [0.1, 0.15) is 11.6 Å². The first-order chi connectivity index (χ1) is 31.3. The van der Waals surface area contributed by atoms with Gasteiger partial charge < -0.3 is 4.90 Å². The van der Waals surface area contributed by atoms with Gasteiger partial charge in [-0.15, -0.1) is 0 Å². The van der Waals surface area contributed by atoms with Gasteiger partial charge in [0.25, 0.3) is 0 Å². The molecule has 0 fully saturated rings. The van der Waals surface area contributed by atoms with E-state index in [1.54, 1.807) is 24.3 Å². The van der Waals surface area contributed by atoms with Crippen molar-refractivity contribution < 1.29 is 8.78 Å². The molecular formula is C61H41F2N. The van der Waals surface area contributed by atoms with E-state index in [2.05, 4.69) is 183 Å². The van der Waals surface area contributed by atoms with E-state index in [9.17, 15) is 8.78 Å². The molecule has 0 unspecified atom stereocenters. The van der Waals surface area contributed by atoms with Crippen LogP contribution >= 0.6 is 0 Å². The van der Waals surface area contributed by atoms with E-state index < -0.39 is 0 Å². The van der Waals surface area contributed by atoms with Crippen LogP contribution in [0.3, 0.4) is 0 Å². The Hall–Kier alpha value is -7.88. The Kier molecular flexibility index (Phi) is 8.64. The summed E-state index contributed by atoms with van der Waals surface area (Å²) in [6, 6.07) is 73.2. The fourth-order valence-electron chi connectivity index (χ4n) is 10.5. The lowest BCUT2D eigenvalue weighted by molar-refractivity contribution is 0.628. The highest BCUT2D eigenvalue weighted by atomic mass is 19.1. The minimum Gasteiger partial charge on any atom is -0.310 e. The number of anilines is 3. The highest BCUT2D eigenvalue weighted by Crippen LogP contribution is 2.53. The number of hydrogen-bond donors (Lipinski definition) is 0. The topological polar surface area (TPSA) is 3.24 Å². The van der Waals surface area contributed by atoms with Crippen LogP contribution in [-0.2, 0) is 5.41 Å². The SMILES string of the molecule is CC1(C)c2cc(-c3ccc4c(-c5cccc6ccccc56)c5ccccc5c(-c5cccc6ccccc56)c4c3)ccc2-c2ccc(N(c3ccc(F)cc3)c3ccc(F)cc3)cc21. The van der Waals surface area contributed by atoms with Gasteiger partial charge in [-0.3, -0.25) is 0 Å². The molecule has 1 nitrogen and oxygen atoms in total. The summed E-state index contributed by atoms with van der Waals surface area (Å²) in [4.78, 5) is 2.06. The van der Waals surface area contributed by atoms with Crippen LogP contribution in [0.25, 0.3) is 87.6 Å². The second-order valence-electron chi connectivity index (χ2n) is 17.5. The summed E-state index contributed by atoms with van der Waals surface area (Å²) >= 11 is 0. The maximum absolute atomic E-state index is 14.2. The van der Waals surface area contributed by atoms with Crippen molar-refractivity contribution in [1.82, 2.24) is 0 Å². The van der Waals surface area contributed by atoms with Gasteiger partial charge in [0, 0.05) is 22.5 Å². The van der Waals surface area contributed by atoms with E-state index in [0.717, 1.165) is 28.2 Å². The van der Waals surface area contributed by atoms with Gasteiger partial charge in [-0.05, 0) is 172 Å². The first-order valence-corrected chi connectivity index (χ1v) is 21.9. The number of fused-ring (bicyclic) bond motifs is 7. The number of benzene rings is 11. The molecule has 0 saturated heterocycles. The molecule has 0 amide bonds. The van der Waals surface area contributed by atoms with Gasteiger partial charge in [-0.1, -0.05) is 153 Å². The molecule has 0 aromatic heterocycles. The van der Waals surface area contributed by atoms with Crippen molar-refractivity contribution >= 4 is 60.2 Å². The molecular weight excluding hydrogens is 785 g/mol. The van der Waals surface area contributed by atoms with Crippen LogP contribution in [0.5, 0.6) is 0 Å². The lowest BCUT2D eigenvalue weighted by Crippen LogP contribution is -2.16. The molecule has 0 spiro atoms. The van der Waals surface area contributed by atoms with Gasteiger partial charge in [0.05, 0.1) is 0 Å². The predicted molar refractivity (Wildman–Crippen MR) is 265 cm³/mol. The van der Waals surface area contributed by atoms with Crippen molar-refractivity contribution in [3.63, 3.8) is 0 Å². The highest BCUT2D eigenvalue weighted by molar-refractivity contribution is 6.25. The molecule has 304 valence electrons. The zero-order valence-corrected chi connectivity index (χ0v) is 35.4. The van der Waals surface area contributed by atoms with Crippen LogP contribution in [0.15, 0.2) is 212 Å². The van der Waals surface area contributed by atoms with E-state index in [0.29, 0.717) is 0 Å². The normalized spacial score (nSPS) is 12.8. The van der Waals surface area contributed by atoms with Crippen LogP contribution < -0.4 is 4.90 Å². The molecule has 0 bridgehead atoms. The largest absolute Gasteiger partial charge is 0.310 e. The summed E-state index contributed by atoms with van der Waals surface area (Å²) < 4.78 is 28.3. The van der Waals surface area contributed by atoms with Crippen molar-refractivity contribution in [2.24, 2.45) is 0 Å². The lowest BCUT2D eigenvalue weighted by Gasteiger charge is -2.28. The summed E-state index contributed by atoms with van der Waals surface area (Å²) in [7, 11) is 0. The minimum absolute atomic E-state index is 0.307. The molecule has 0 radical (unpaired) electrons. The van der Waals surface area contributed by atoms with E-state index in [4.69, 9.17) is 0 Å². The average molecular weight is 826 g/mol. The third-order valence-electron chi connectivity index (χ3n) is 13.6. The molecule has 11 aromatic carbocycles. The average Bonchev–Trinajstić information content (AvgIpc) is 3.56. The summed E-state index contributed by atoms with van der Waals surface area (Å²) in [5.74, 6) is -0.613. The first-order valence-electron chi connectivity index (χ1n) is 21.9. The molecule has 3 heteroatoms. The summed E-state index contributed by atoms with van der Waals surface area (Å²) in [6.45, 7) is 4.60. The van der Waals surface area contributed by atoms with Gasteiger partial charge >= 0.3 is 0 Å². The van der Waals surface area contributed by atoms with E-state index in [-0.39, 0.29) is 17.0 Å². The van der Waals surface area contributed by atoms with Gasteiger partial charge in [-0.25, -0.2) is 8.78 Å². The molecule has 11 aromatic rings. The van der Waals surface area contributed by atoms with Crippen LogP contribution in [0.4, 0.5) is 25.8 Å². The number of nitrogens with zero attached hydrogens (tertiary/aromatic N) is 1. The smallest absolute Gasteiger partial charge is 0.123 e. The quantitative estimate of drug-likeness (QED) is 0.151. The Morgan fingerprint density at radius 3 is 1.33 bits per heavy atom. The van der Waals surface area contributed by atoms with Gasteiger partial charge in [0.2, 0.25) is 0 Å². The van der Waals surface area contributed by atoms with Crippen LogP contribution in [0.1, 0.15) is 25.0 Å². The van der Waals surface area contributed by atoms with Crippen molar-refractivity contribution in [1.29, 1.82) is 0 Å². The zero-order chi connectivity index (χ0) is 43.1. The third-order valence-corrected chi connectivity index (χ3v) is 13.6. The lowest BCUT2D eigenvalue weighted by atomic mass is 9.80. The fourth-order valence-corrected chi connectivity index (χ4v) is 10.5. The monoisotopic (exact) mass is 825 g/mol. The second-order valence-corrected chi connectivity index (χ2v) is 17.5. The molecule has 1 aliphatic carbocycles. The van der Waals surface area contributed by atoms with Gasteiger partial charge in [0.15, 0.2) is 0 Å². The zero-order valence-electron chi connectivity index (χ0n) is 35.4. The van der Waals surface area contributed by atoms with Crippen molar-refractivity contribution in [2.75, 3.05) is 4.90 Å². The number of hydrogen-bond acceptors (Lipinski definition) is 1. The highest BCUT2D eigenvalue weighted by Gasteiger charge is 2.36. The predicted octanol–water partition coefficient (Wildman–Crippen LogP) is 17.4. The molecule has 64 heavy (non-hydrogen) atoms. The summed E-state index contributed by atoms with van der Waals surface area (Å²) in [6.07, 6.45) is 0. The van der Waals surface area contributed by atoms with Crippen molar-refractivity contribution in [2.45, 2.75) is 19.3 Å². The Bertz CT molecular complexity index is 3600. The Labute approximate surface area is 371 Å². The van der Waals surface area contributed by atoms with Crippen LogP contribution in [0, 0.1) is 11.6 Å². The molecule has 12 rings (SSSR count). The maximum atomic E-state index is 14.2. The standard InChI is InChI=1S/C61H41F2N/c1-61(2)57-36-41(21-32-49(57)50-34-31-46(37-58(50)61)64(44-27-23-42(62)24-28-44)45-29-25-43(63)26-30-45)40-22-33-55-56(35-40)60(52-20-10-14-39-12-4-6-16-48(39)52)54-18-8-7-17-53(54)59(55)51-19-9-13-38-11-3-5-15-47(38)51/h3-37H,1-2H3. The Balaban J connectivity index is 1.05. The number of halogens is 2. The molecule has 1 aliphatic rings. The van der Waals surface area contributed by atoms with E-state index in [1.165, 1.54) is 112 Å². The fraction of sp³-hybridized carbons (Fsp3) is 0.0492. The third kappa shape index (κ3) is 5.96. The minimum atomic E-state index is -0.337. The van der Waals surface area contributed by atoms with Crippen molar-refractivity contribution in [3.05, 3.63) is 235 Å². The summed E-state index contributed by atoms with van der Waals surface area (Å²) in [5, 5.41) is 9.79. The molecule has 0 heterocycles. The van der Waals surface area contributed by atoms with E-state index in [1.807, 2.05) is 0 Å². The number of rotatable bonds is 6. The maximum Gasteiger partial charge on any atom is 0.123 e. The van der Waals surface area contributed by atoms with E-state index >= 15 is 0 Å². The van der Waals surface area contributed by atoms with Crippen LogP contribution in [-0.4, -0.2) is 0 Å². The first kappa shape index (κ1) is 37.8. The Morgan fingerprint density at radius 2 is 0.750 bits per heavy atom. The molecule has 0 N–H and O–H groups in total. The summed E-state index contributed by atoms with van der Waals surface area (Å²) in [5.41, 5.74) is 14.3. The molecule has 0 atom stereocenters. The molecule has 0 aliphatic heterocycles. The second kappa shape index (κ2) is 14.6. The molecule has 0 saturated carbocycles.